The number of hydrogen-bond donors (Lipinski definition) is 1. The molecule has 0 amide bonds. The first kappa shape index (κ1) is 15.1. The lowest BCUT2D eigenvalue weighted by molar-refractivity contribution is 0.0678. The maximum Gasteiger partial charge on any atom is 0.352 e. The Labute approximate surface area is 120 Å². The molecule has 0 bridgehead atoms. The van der Waals surface area contributed by atoms with Gasteiger partial charge in [0.05, 0.1) is 0 Å². The summed E-state index contributed by atoms with van der Waals surface area (Å²) in [5, 5.41) is 9.16. The minimum Gasteiger partial charge on any atom is -0.477 e. The number of unbranched alkanes of at least 4 members (excludes halogenated alkanes) is 1. The van der Waals surface area contributed by atoms with Gasteiger partial charge in [0.25, 0.3) is 0 Å². The molecule has 5 heteroatoms. The molecule has 1 aliphatic rings. The number of carboxylic acid groups (broad SMARTS) is 1. The van der Waals surface area contributed by atoms with E-state index >= 15 is 0 Å². The van der Waals surface area contributed by atoms with Crippen molar-refractivity contribution < 1.29 is 14.6 Å². The molecule has 0 aromatic carbocycles. The number of carboxylic acids is 1. The highest BCUT2D eigenvalue weighted by Gasteiger charge is 2.22. The Bertz CT molecular complexity index is 423. The third-order valence-corrected chi connectivity index (χ3v) is 4.02. The van der Waals surface area contributed by atoms with Crippen LogP contribution in [0.25, 0.3) is 0 Å². The van der Waals surface area contributed by atoms with E-state index in [-0.39, 0.29) is 0 Å². The molecule has 1 N–H and O–H groups in total. The Hall–Kier alpha value is -1.33. The molecule has 2 rings (SSSR count). The molecule has 0 saturated carbocycles. The summed E-state index contributed by atoms with van der Waals surface area (Å²) in [4.78, 5) is 13.6. The van der Waals surface area contributed by atoms with E-state index in [0.717, 1.165) is 45.5 Å². The number of hydrogen-bond acceptors (Lipinski definition) is 3. The van der Waals surface area contributed by atoms with Crippen LogP contribution in [0.5, 0.6) is 0 Å². The van der Waals surface area contributed by atoms with Crippen molar-refractivity contribution in [3.8, 4) is 0 Å². The molecule has 2 heterocycles. The second-order valence-electron chi connectivity index (χ2n) is 5.38. The zero-order valence-corrected chi connectivity index (χ0v) is 12.1. The minimum atomic E-state index is -0.836. The van der Waals surface area contributed by atoms with Crippen molar-refractivity contribution in [2.24, 2.45) is 0 Å². The summed E-state index contributed by atoms with van der Waals surface area (Å²) in [6, 6.07) is 3.83. The molecule has 1 fully saturated rings. The van der Waals surface area contributed by atoms with Crippen LogP contribution < -0.4 is 0 Å². The van der Waals surface area contributed by atoms with E-state index in [1.807, 2.05) is 16.8 Å². The topological polar surface area (TPSA) is 54.7 Å². The number of aromatic nitrogens is 1. The average Bonchev–Trinajstić information content (AvgIpc) is 2.94. The summed E-state index contributed by atoms with van der Waals surface area (Å²) in [6.07, 6.45) is 6.22. The highest BCUT2D eigenvalue weighted by Crippen LogP contribution is 2.24. The van der Waals surface area contributed by atoms with Gasteiger partial charge in [-0.05, 0) is 44.4 Å². The Morgan fingerprint density at radius 1 is 1.40 bits per heavy atom. The van der Waals surface area contributed by atoms with Crippen LogP contribution >= 0.6 is 0 Å². The third-order valence-electron chi connectivity index (χ3n) is 4.02. The standard InChI is InChI=1S/C15H24N2O3/c1-20-12-3-2-8-16-10-6-13(7-11-16)17-9-4-5-14(17)15(18)19/h4-5,9,13H,2-3,6-8,10-12H2,1H3,(H,18,19). The van der Waals surface area contributed by atoms with Gasteiger partial charge in [0, 0.05) is 39.0 Å². The van der Waals surface area contributed by atoms with Crippen LogP contribution in [0.1, 0.15) is 42.2 Å². The molecule has 20 heavy (non-hydrogen) atoms. The molecule has 1 aliphatic heterocycles. The highest BCUT2D eigenvalue weighted by atomic mass is 16.5. The van der Waals surface area contributed by atoms with Gasteiger partial charge in [-0.3, -0.25) is 0 Å². The summed E-state index contributed by atoms with van der Waals surface area (Å²) >= 11 is 0. The summed E-state index contributed by atoms with van der Waals surface area (Å²) in [6.45, 7) is 4.05. The fraction of sp³-hybridized carbons (Fsp3) is 0.667. The molecule has 0 aliphatic carbocycles. The maximum absolute atomic E-state index is 11.1. The van der Waals surface area contributed by atoms with Crippen LogP contribution in [0.3, 0.4) is 0 Å². The second-order valence-corrected chi connectivity index (χ2v) is 5.38. The van der Waals surface area contributed by atoms with Gasteiger partial charge in [-0.15, -0.1) is 0 Å². The quantitative estimate of drug-likeness (QED) is 0.778. The van der Waals surface area contributed by atoms with Gasteiger partial charge in [0.1, 0.15) is 5.69 Å². The lowest BCUT2D eigenvalue weighted by Gasteiger charge is -2.33. The first-order valence-electron chi connectivity index (χ1n) is 7.34. The first-order valence-corrected chi connectivity index (χ1v) is 7.34. The molecule has 112 valence electrons. The summed E-state index contributed by atoms with van der Waals surface area (Å²) in [5.41, 5.74) is 0.406. The summed E-state index contributed by atoms with van der Waals surface area (Å²) < 4.78 is 6.98. The number of likely N-dealkylation sites (tertiary alicyclic amines) is 1. The van der Waals surface area contributed by atoms with Gasteiger partial charge >= 0.3 is 5.97 Å². The fourth-order valence-electron chi connectivity index (χ4n) is 2.90. The minimum absolute atomic E-state index is 0.325. The molecule has 1 saturated heterocycles. The predicted molar refractivity (Wildman–Crippen MR) is 77.2 cm³/mol. The monoisotopic (exact) mass is 280 g/mol. The van der Waals surface area contributed by atoms with E-state index in [1.54, 1.807) is 13.2 Å². The van der Waals surface area contributed by atoms with Crippen molar-refractivity contribution in [1.29, 1.82) is 0 Å². The van der Waals surface area contributed by atoms with Gasteiger partial charge in [-0.1, -0.05) is 0 Å². The number of aromatic carboxylic acids is 1. The first-order chi connectivity index (χ1) is 9.72. The van der Waals surface area contributed by atoms with E-state index in [1.165, 1.54) is 6.42 Å². The number of nitrogens with zero attached hydrogens (tertiary/aromatic N) is 2. The van der Waals surface area contributed by atoms with Gasteiger partial charge in [0.15, 0.2) is 0 Å². The van der Waals surface area contributed by atoms with Gasteiger partial charge < -0.3 is 19.3 Å². The zero-order chi connectivity index (χ0) is 14.4. The Morgan fingerprint density at radius 3 is 2.80 bits per heavy atom. The summed E-state index contributed by atoms with van der Waals surface area (Å²) in [5.74, 6) is -0.836. The lowest BCUT2D eigenvalue weighted by Crippen LogP contribution is -2.35. The van der Waals surface area contributed by atoms with E-state index in [0.29, 0.717) is 11.7 Å². The Balaban J connectivity index is 1.79. The molecule has 5 nitrogen and oxygen atoms in total. The van der Waals surface area contributed by atoms with Crippen molar-refractivity contribution in [2.45, 2.75) is 31.7 Å². The predicted octanol–water partition coefficient (Wildman–Crippen LogP) is 2.25. The molecule has 1 aromatic heterocycles. The number of methoxy groups -OCH3 is 1. The SMILES string of the molecule is COCCCCN1CCC(n2cccc2C(=O)O)CC1. The van der Waals surface area contributed by atoms with Crippen molar-refractivity contribution >= 4 is 5.97 Å². The van der Waals surface area contributed by atoms with Crippen LogP contribution in [0, 0.1) is 0 Å². The summed E-state index contributed by atoms with van der Waals surface area (Å²) in [7, 11) is 1.74. The molecule has 0 atom stereocenters. The number of ether oxygens (including phenoxy) is 1. The van der Waals surface area contributed by atoms with Crippen molar-refractivity contribution in [3.05, 3.63) is 24.0 Å². The smallest absolute Gasteiger partial charge is 0.352 e. The van der Waals surface area contributed by atoms with Crippen molar-refractivity contribution in [1.82, 2.24) is 9.47 Å². The van der Waals surface area contributed by atoms with Crippen LogP contribution in [0.2, 0.25) is 0 Å². The van der Waals surface area contributed by atoms with Crippen molar-refractivity contribution in [2.75, 3.05) is 33.4 Å². The van der Waals surface area contributed by atoms with Gasteiger partial charge in [0.2, 0.25) is 0 Å². The maximum atomic E-state index is 11.1. The van der Waals surface area contributed by atoms with Crippen LogP contribution in [0.15, 0.2) is 18.3 Å². The molecular weight excluding hydrogens is 256 g/mol. The van der Waals surface area contributed by atoms with Gasteiger partial charge in [-0.25, -0.2) is 4.79 Å². The molecule has 0 radical (unpaired) electrons. The van der Waals surface area contributed by atoms with E-state index in [9.17, 15) is 4.79 Å². The lowest BCUT2D eigenvalue weighted by atomic mass is 10.0. The molecule has 0 unspecified atom stereocenters. The van der Waals surface area contributed by atoms with E-state index < -0.39 is 5.97 Å². The highest BCUT2D eigenvalue weighted by molar-refractivity contribution is 5.85. The Kier molecular flexibility index (Phi) is 5.61. The normalized spacial score (nSPS) is 17.4. The largest absolute Gasteiger partial charge is 0.477 e. The molecule has 1 aromatic rings. The molecular formula is C15H24N2O3. The number of rotatable bonds is 7. The van der Waals surface area contributed by atoms with Crippen LogP contribution in [-0.4, -0.2) is 53.9 Å². The number of carbonyl (C=O) groups is 1. The van der Waals surface area contributed by atoms with E-state index in [2.05, 4.69) is 4.90 Å². The van der Waals surface area contributed by atoms with E-state index in [4.69, 9.17) is 9.84 Å². The number of piperidine rings is 1. The van der Waals surface area contributed by atoms with Crippen LogP contribution in [-0.2, 0) is 4.74 Å². The average molecular weight is 280 g/mol. The molecule has 0 spiro atoms. The van der Waals surface area contributed by atoms with Gasteiger partial charge in [-0.2, -0.15) is 0 Å². The zero-order valence-electron chi connectivity index (χ0n) is 12.1. The second kappa shape index (κ2) is 7.45. The Morgan fingerprint density at radius 2 is 2.15 bits per heavy atom. The van der Waals surface area contributed by atoms with Crippen molar-refractivity contribution in [3.63, 3.8) is 0 Å². The fourth-order valence-corrected chi connectivity index (χ4v) is 2.90. The van der Waals surface area contributed by atoms with Crippen LogP contribution in [0.4, 0.5) is 0 Å². The third kappa shape index (κ3) is 3.84.